The second-order valence-corrected chi connectivity index (χ2v) is 4.90. The summed E-state index contributed by atoms with van der Waals surface area (Å²) in [6, 6.07) is 4.23. The van der Waals surface area contributed by atoms with Gasteiger partial charge in [-0.3, -0.25) is 9.67 Å². The van der Waals surface area contributed by atoms with Crippen LogP contribution in [0, 0.1) is 6.92 Å². The topological polar surface area (TPSA) is 56.7 Å². The monoisotopic (exact) mass is 258 g/mol. The van der Waals surface area contributed by atoms with E-state index in [0.717, 1.165) is 36.2 Å². The molecular weight excluding hydrogens is 236 g/mol. The van der Waals surface area contributed by atoms with Gasteiger partial charge in [0.2, 0.25) is 0 Å². The van der Waals surface area contributed by atoms with Gasteiger partial charge in [-0.1, -0.05) is 13.0 Å². The highest BCUT2D eigenvalue weighted by molar-refractivity contribution is 5.22. The Morgan fingerprint density at radius 2 is 2.05 bits per heavy atom. The van der Waals surface area contributed by atoms with E-state index in [-0.39, 0.29) is 6.04 Å². The Hall–Kier alpha value is -1.68. The highest BCUT2D eigenvalue weighted by atomic mass is 15.3. The maximum absolute atomic E-state index is 6.29. The van der Waals surface area contributed by atoms with Crippen LogP contribution in [0.25, 0.3) is 0 Å². The molecule has 102 valence electrons. The molecule has 2 heterocycles. The SMILES string of the molecule is CCc1cc(CC(N)c2cncc(C)c2)n(CC)n1. The van der Waals surface area contributed by atoms with Gasteiger partial charge in [-0.05, 0) is 37.5 Å². The lowest BCUT2D eigenvalue weighted by atomic mass is 10.0. The predicted molar refractivity (Wildman–Crippen MR) is 76.9 cm³/mol. The molecule has 2 aromatic heterocycles. The van der Waals surface area contributed by atoms with E-state index in [2.05, 4.69) is 36.1 Å². The molecule has 0 bridgehead atoms. The Kier molecular flexibility index (Phi) is 4.32. The minimum Gasteiger partial charge on any atom is -0.324 e. The summed E-state index contributed by atoms with van der Waals surface area (Å²) in [7, 11) is 0. The summed E-state index contributed by atoms with van der Waals surface area (Å²) in [6.07, 6.45) is 5.46. The fourth-order valence-electron chi connectivity index (χ4n) is 2.25. The largest absolute Gasteiger partial charge is 0.324 e. The molecule has 0 aromatic carbocycles. The zero-order chi connectivity index (χ0) is 13.8. The van der Waals surface area contributed by atoms with Crippen molar-refractivity contribution in [2.75, 3.05) is 0 Å². The summed E-state index contributed by atoms with van der Waals surface area (Å²) in [5, 5.41) is 4.56. The summed E-state index contributed by atoms with van der Waals surface area (Å²) < 4.78 is 2.04. The van der Waals surface area contributed by atoms with Crippen LogP contribution in [0.3, 0.4) is 0 Å². The van der Waals surface area contributed by atoms with Crippen LogP contribution in [-0.2, 0) is 19.4 Å². The van der Waals surface area contributed by atoms with Gasteiger partial charge in [0.05, 0.1) is 5.69 Å². The molecule has 0 radical (unpaired) electrons. The number of pyridine rings is 1. The number of nitrogens with two attached hydrogens (primary N) is 1. The predicted octanol–water partition coefficient (Wildman–Crippen LogP) is 2.41. The average Bonchev–Trinajstić information content (AvgIpc) is 2.81. The van der Waals surface area contributed by atoms with Gasteiger partial charge >= 0.3 is 0 Å². The maximum Gasteiger partial charge on any atom is 0.0624 e. The van der Waals surface area contributed by atoms with Gasteiger partial charge in [0, 0.05) is 37.1 Å². The van der Waals surface area contributed by atoms with Gasteiger partial charge in [-0.15, -0.1) is 0 Å². The first-order valence-corrected chi connectivity index (χ1v) is 6.86. The second-order valence-electron chi connectivity index (χ2n) is 4.90. The van der Waals surface area contributed by atoms with Crippen LogP contribution in [0.15, 0.2) is 24.5 Å². The van der Waals surface area contributed by atoms with Crippen LogP contribution in [0.1, 0.15) is 42.4 Å². The fourth-order valence-corrected chi connectivity index (χ4v) is 2.25. The third-order valence-corrected chi connectivity index (χ3v) is 3.33. The number of hydrogen-bond donors (Lipinski definition) is 1. The van der Waals surface area contributed by atoms with Crippen molar-refractivity contribution in [3.63, 3.8) is 0 Å². The first kappa shape index (κ1) is 13.7. The Labute approximate surface area is 114 Å². The molecule has 0 aliphatic carbocycles. The maximum atomic E-state index is 6.29. The molecule has 0 amide bonds. The van der Waals surface area contributed by atoms with Crippen LogP contribution in [0.5, 0.6) is 0 Å². The normalized spacial score (nSPS) is 12.6. The van der Waals surface area contributed by atoms with Gasteiger partial charge in [0.1, 0.15) is 0 Å². The molecule has 1 atom stereocenters. The van der Waals surface area contributed by atoms with Crippen LogP contribution >= 0.6 is 0 Å². The molecule has 4 nitrogen and oxygen atoms in total. The molecule has 0 saturated carbocycles. The summed E-state index contributed by atoms with van der Waals surface area (Å²) in [6.45, 7) is 7.15. The third kappa shape index (κ3) is 3.20. The molecule has 0 spiro atoms. The third-order valence-electron chi connectivity index (χ3n) is 3.33. The van der Waals surface area contributed by atoms with Crippen molar-refractivity contribution in [1.29, 1.82) is 0 Å². The highest BCUT2D eigenvalue weighted by Gasteiger charge is 2.12. The Bertz CT molecular complexity index is 545. The molecule has 0 saturated heterocycles. The van der Waals surface area contributed by atoms with Crippen molar-refractivity contribution < 1.29 is 0 Å². The number of hydrogen-bond acceptors (Lipinski definition) is 3. The number of aryl methyl sites for hydroxylation is 3. The van der Waals surface area contributed by atoms with E-state index in [4.69, 9.17) is 5.73 Å². The van der Waals surface area contributed by atoms with E-state index in [9.17, 15) is 0 Å². The van der Waals surface area contributed by atoms with E-state index in [1.165, 1.54) is 5.69 Å². The summed E-state index contributed by atoms with van der Waals surface area (Å²) in [4.78, 5) is 4.21. The zero-order valence-corrected chi connectivity index (χ0v) is 11.9. The van der Waals surface area contributed by atoms with Gasteiger partial charge in [0.25, 0.3) is 0 Å². The quantitative estimate of drug-likeness (QED) is 0.896. The summed E-state index contributed by atoms with van der Waals surface area (Å²) in [5.74, 6) is 0. The number of aromatic nitrogens is 3. The van der Waals surface area contributed by atoms with Crippen LogP contribution in [0.2, 0.25) is 0 Å². The molecule has 0 fully saturated rings. The standard InChI is InChI=1S/C15H22N4/c1-4-13-7-14(19(5-2)18-13)8-15(16)12-6-11(3)9-17-10-12/h6-7,9-10,15H,4-5,8,16H2,1-3H3. The van der Waals surface area contributed by atoms with E-state index >= 15 is 0 Å². The van der Waals surface area contributed by atoms with Crippen molar-refractivity contribution in [2.24, 2.45) is 5.73 Å². The number of rotatable bonds is 5. The smallest absolute Gasteiger partial charge is 0.0624 e. The lowest BCUT2D eigenvalue weighted by Crippen LogP contribution is -2.16. The van der Waals surface area contributed by atoms with Crippen LogP contribution < -0.4 is 5.73 Å². The molecule has 4 heteroatoms. The van der Waals surface area contributed by atoms with E-state index in [0.29, 0.717) is 0 Å². The number of nitrogens with zero attached hydrogens (tertiary/aromatic N) is 3. The molecule has 0 aliphatic rings. The van der Waals surface area contributed by atoms with Crippen molar-refractivity contribution in [3.8, 4) is 0 Å². The van der Waals surface area contributed by atoms with Gasteiger partial charge in [-0.2, -0.15) is 5.10 Å². The highest BCUT2D eigenvalue weighted by Crippen LogP contribution is 2.17. The van der Waals surface area contributed by atoms with Crippen LogP contribution in [-0.4, -0.2) is 14.8 Å². The Morgan fingerprint density at radius 1 is 1.26 bits per heavy atom. The van der Waals surface area contributed by atoms with Crippen LogP contribution in [0.4, 0.5) is 0 Å². The van der Waals surface area contributed by atoms with E-state index in [1.54, 1.807) is 0 Å². The molecule has 2 N–H and O–H groups in total. The first-order valence-electron chi connectivity index (χ1n) is 6.86. The summed E-state index contributed by atoms with van der Waals surface area (Å²) >= 11 is 0. The van der Waals surface area contributed by atoms with Crippen molar-refractivity contribution in [3.05, 3.63) is 47.0 Å². The van der Waals surface area contributed by atoms with Gasteiger partial charge in [-0.25, -0.2) is 0 Å². The van der Waals surface area contributed by atoms with Crippen molar-refractivity contribution >= 4 is 0 Å². The van der Waals surface area contributed by atoms with Crippen molar-refractivity contribution in [1.82, 2.24) is 14.8 Å². The zero-order valence-electron chi connectivity index (χ0n) is 11.9. The van der Waals surface area contributed by atoms with Gasteiger partial charge < -0.3 is 5.73 Å². The Balaban J connectivity index is 2.18. The second kappa shape index (κ2) is 5.97. The molecule has 2 aromatic rings. The van der Waals surface area contributed by atoms with Gasteiger partial charge in [0.15, 0.2) is 0 Å². The first-order chi connectivity index (χ1) is 9.13. The van der Waals surface area contributed by atoms with Crippen molar-refractivity contribution in [2.45, 2.75) is 46.2 Å². The van der Waals surface area contributed by atoms with E-state index in [1.807, 2.05) is 24.0 Å². The molecule has 2 rings (SSSR count). The molecular formula is C15H22N4. The fraction of sp³-hybridized carbons (Fsp3) is 0.467. The molecule has 19 heavy (non-hydrogen) atoms. The average molecular weight is 258 g/mol. The summed E-state index contributed by atoms with van der Waals surface area (Å²) in [5.41, 5.74) is 10.9. The molecule has 1 unspecified atom stereocenters. The lowest BCUT2D eigenvalue weighted by molar-refractivity contribution is 0.584. The Morgan fingerprint density at radius 3 is 2.68 bits per heavy atom. The molecule has 0 aliphatic heterocycles. The van der Waals surface area contributed by atoms with E-state index < -0.39 is 0 Å². The lowest BCUT2D eigenvalue weighted by Gasteiger charge is -2.13. The minimum absolute atomic E-state index is 0.0286. The minimum atomic E-state index is -0.0286.